The average molecular weight is 985 g/mol. The molecule has 2 unspecified atom stereocenters. The van der Waals surface area contributed by atoms with Crippen molar-refractivity contribution in [1.82, 2.24) is 5.32 Å². The van der Waals surface area contributed by atoms with Gasteiger partial charge in [-0.2, -0.15) is 0 Å². The summed E-state index contributed by atoms with van der Waals surface area (Å²) in [5.74, 6) is -0.0855. The third-order valence-corrected chi connectivity index (χ3v) is 14.4. The number of allylic oxidation sites excluding steroid dienone is 5. The smallest absolute Gasteiger partial charge is 0.305 e. The van der Waals surface area contributed by atoms with Crippen LogP contribution in [0.5, 0.6) is 0 Å². The number of aliphatic hydroxyl groups excluding tert-OH is 2. The summed E-state index contributed by atoms with van der Waals surface area (Å²) in [7, 11) is 0. The molecule has 0 saturated heterocycles. The summed E-state index contributed by atoms with van der Waals surface area (Å²) in [4.78, 5) is 24.5. The molecule has 3 N–H and O–H groups in total. The van der Waals surface area contributed by atoms with Crippen molar-refractivity contribution in [3.8, 4) is 0 Å². The predicted molar refractivity (Wildman–Crippen MR) is 306 cm³/mol. The Kier molecular flexibility index (Phi) is 58.0. The van der Waals surface area contributed by atoms with E-state index >= 15 is 0 Å². The Labute approximate surface area is 436 Å². The second kappa shape index (κ2) is 59.6. The molecule has 0 aliphatic carbocycles. The van der Waals surface area contributed by atoms with Crippen molar-refractivity contribution in [3.05, 3.63) is 36.5 Å². The van der Waals surface area contributed by atoms with Gasteiger partial charge in [0, 0.05) is 12.8 Å². The van der Waals surface area contributed by atoms with Crippen LogP contribution in [0, 0.1) is 0 Å². The molecule has 0 spiro atoms. The van der Waals surface area contributed by atoms with E-state index in [1.807, 2.05) is 6.08 Å². The van der Waals surface area contributed by atoms with Crippen LogP contribution in [0.1, 0.15) is 335 Å². The van der Waals surface area contributed by atoms with Gasteiger partial charge in [-0.15, -0.1) is 0 Å². The fraction of sp³-hybridized carbons (Fsp3) is 0.875. The van der Waals surface area contributed by atoms with Crippen molar-refractivity contribution >= 4 is 11.9 Å². The molecule has 0 aliphatic rings. The van der Waals surface area contributed by atoms with Crippen LogP contribution in [0.4, 0.5) is 0 Å². The fourth-order valence-corrected chi connectivity index (χ4v) is 9.57. The minimum Gasteiger partial charge on any atom is -0.466 e. The van der Waals surface area contributed by atoms with Crippen LogP contribution in [0.15, 0.2) is 36.5 Å². The van der Waals surface area contributed by atoms with Crippen LogP contribution in [0.25, 0.3) is 0 Å². The molecule has 0 aromatic carbocycles. The van der Waals surface area contributed by atoms with Crippen LogP contribution in [-0.2, 0) is 14.3 Å². The van der Waals surface area contributed by atoms with Gasteiger partial charge in [-0.25, -0.2) is 0 Å². The number of carbonyl (C=O) groups is 2. The van der Waals surface area contributed by atoms with Gasteiger partial charge in [-0.1, -0.05) is 275 Å². The Morgan fingerprint density at radius 2 is 0.671 bits per heavy atom. The first-order chi connectivity index (χ1) is 34.5. The number of esters is 1. The van der Waals surface area contributed by atoms with Crippen molar-refractivity contribution in [2.45, 2.75) is 347 Å². The minimum atomic E-state index is -0.854. The summed E-state index contributed by atoms with van der Waals surface area (Å²) in [6.45, 7) is 4.90. The Hall–Kier alpha value is -1.92. The van der Waals surface area contributed by atoms with Gasteiger partial charge in [0.1, 0.15) is 0 Å². The quantitative estimate of drug-likeness (QED) is 0.0321. The zero-order chi connectivity index (χ0) is 50.7. The highest BCUT2D eigenvalue weighted by atomic mass is 16.5. The second-order valence-electron chi connectivity index (χ2n) is 21.4. The molecule has 0 bridgehead atoms. The molecule has 0 aromatic heterocycles. The maximum Gasteiger partial charge on any atom is 0.305 e. The Bertz CT molecular complexity index is 1130. The Morgan fingerprint density at radius 1 is 0.386 bits per heavy atom. The summed E-state index contributed by atoms with van der Waals surface area (Å²) >= 11 is 0. The van der Waals surface area contributed by atoms with Gasteiger partial charge in [0.15, 0.2) is 0 Å². The first-order valence-electron chi connectivity index (χ1n) is 31.3. The van der Waals surface area contributed by atoms with Gasteiger partial charge in [-0.05, 0) is 83.5 Å². The number of hydrogen-bond acceptors (Lipinski definition) is 5. The van der Waals surface area contributed by atoms with E-state index < -0.39 is 12.1 Å². The summed E-state index contributed by atoms with van der Waals surface area (Å²) in [5, 5.41) is 23.2. The van der Waals surface area contributed by atoms with Gasteiger partial charge in [-0.3, -0.25) is 9.59 Å². The fourth-order valence-electron chi connectivity index (χ4n) is 9.57. The minimum absolute atomic E-state index is 0.00506. The highest BCUT2D eigenvalue weighted by Crippen LogP contribution is 2.17. The molecule has 0 radical (unpaired) electrons. The molecule has 6 nitrogen and oxygen atoms in total. The van der Waals surface area contributed by atoms with Crippen LogP contribution in [-0.4, -0.2) is 47.4 Å². The number of unbranched alkanes of at least 4 members (excludes halogenated alkanes) is 43. The molecule has 6 heteroatoms. The highest BCUT2D eigenvalue weighted by Gasteiger charge is 2.18. The molecule has 0 heterocycles. The molecule has 2 atom stereocenters. The molecule has 0 rings (SSSR count). The SMILES string of the molecule is CCCCCCCCC/C=C\CCCCCCCC(=O)OCCCCCCCCCCC/C=C\CCCCCCCC(=O)NC(CO)C(O)/C=C/CCCCCCCCCCCCCCCCCCC. The molecular weight excluding hydrogens is 863 g/mol. The van der Waals surface area contributed by atoms with Crippen molar-refractivity contribution < 1.29 is 24.5 Å². The number of ether oxygens (including phenoxy) is 1. The first-order valence-corrected chi connectivity index (χ1v) is 31.3. The van der Waals surface area contributed by atoms with E-state index in [-0.39, 0.29) is 18.5 Å². The molecule has 0 aromatic rings. The molecule has 1 amide bonds. The number of amides is 1. The van der Waals surface area contributed by atoms with Gasteiger partial charge >= 0.3 is 5.97 Å². The van der Waals surface area contributed by atoms with Crippen molar-refractivity contribution in [2.24, 2.45) is 0 Å². The predicted octanol–water partition coefficient (Wildman–Crippen LogP) is 19.6. The van der Waals surface area contributed by atoms with E-state index in [0.29, 0.717) is 19.4 Å². The van der Waals surface area contributed by atoms with E-state index in [9.17, 15) is 19.8 Å². The van der Waals surface area contributed by atoms with Crippen LogP contribution in [0.2, 0.25) is 0 Å². The van der Waals surface area contributed by atoms with E-state index in [0.717, 1.165) is 64.2 Å². The third-order valence-electron chi connectivity index (χ3n) is 14.4. The van der Waals surface area contributed by atoms with Crippen LogP contribution in [0.3, 0.4) is 0 Å². The molecule has 412 valence electrons. The average Bonchev–Trinajstić information content (AvgIpc) is 3.36. The van der Waals surface area contributed by atoms with Crippen molar-refractivity contribution in [3.63, 3.8) is 0 Å². The number of carbonyl (C=O) groups excluding carboxylic acids is 2. The third kappa shape index (κ3) is 55.4. The number of rotatable bonds is 58. The molecule has 70 heavy (non-hydrogen) atoms. The number of aliphatic hydroxyl groups is 2. The van der Waals surface area contributed by atoms with Crippen LogP contribution < -0.4 is 5.32 Å². The monoisotopic (exact) mass is 984 g/mol. The van der Waals surface area contributed by atoms with E-state index in [4.69, 9.17) is 4.74 Å². The zero-order valence-electron chi connectivity index (χ0n) is 47.0. The molecule has 0 fully saturated rings. The van der Waals surface area contributed by atoms with Gasteiger partial charge < -0.3 is 20.3 Å². The lowest BCUT2D eigenvalue weighted by Crippen LogP contribution is -2.45. The number of nitrogens with one attached hydrogen (secondary N) is 1. The number of hydrogen-bond donors (Lipinski definition) is 3. The lowest BCUT2D eigenvalue weighted by Gasteiger charge is -2.20. The van der Waals surface area contributed by atoms with Crippen molar-refractivity contribution in [1.29, 1.82) is 0 Å². The van der Waals surface area contributed by atoms with Crippen LogP contribution >= 0.6 is 0 Å². The highest BCUT2D eigenvalue weighted by molar-refractivity contribution is 5.76. The maximum absolute atomic E-state index is 12.5. The van der Waals surface area contributed by atoms with Gasteiger partial charge in [0.05, 0.1) is 25.4 Å². The molecule has 0 aliphatic heterocycles. The summed E-state index contributed by atoms with van der Waals surface area (Å²) in [6, 6.07) is -0.639. The second-order valence-corrected chi connectivity index (χ2v) is 21.4. The summed E-state index contributed by atoms with van der Waals surface area (Å²) in [6.07, 6.45) is 74.6. The van der Waals surface area contributed by atoms with Gasteiger partial charge in [0.2, 0.25) is 5.91 Å². The lowest BCUT2D eigenvalue weighted by atomic mass is 10.0. The zero-order valence-corrected chi connectivity index (χ0v) is 47.0. The maximum atomic E-state index is 12.5. The first kappa shape index (κ1) is 68.1. The topological polar surface area (TPSA) is 95.9 Å². The molecular formula is C64H121NO5. The van der Waals surface area contributed by atoms with E-state index in [1.54, 1.807) is 6.08 Å². The lowest BCUT2D eigenvalue weighted by molar-refractivity contribution is -0.143. The standard InChI is InChI=1S/C64H121NO5/c1-3-5-7-9-11-13-15-17-19-21-22-25-28-32-36-40-44-48-52-56-62(67)61(60-66)65-63(68)57-53-49-45-41-37-33-29-26-23-24-27-31-35-39-43-47-51-55-59-70-64(69)58-54-50-46-42-38-34-30-20-18-16-14-12-10-8-6-4-2/h20,26,29-30,52,56,61-62,66-67H,3-19,21-25,27-28,31-51,53-55,57-60H2,1-2H3,(H,65,68)/b29-26-,30-20-,56-52+. The summed E-state index contributed by atoms with van der Waals surface area (Å²) < 4.78 is 5.48. The largest absolute Gasteiger partial charge is 0.466 e. The molecule has 0 saturated carbocycles. The Balaban J connectivity index is 3.48. The van der Waals surface area contributed by atoms with E-state index in [1.165, 1.54) is 244 Å². The van der Waals surface area contributed by atoms with E-state index in [2.05, 4.69) is 43.5 Å². The van der Waals surface area contributed by atoms with Crippen molar-refractivity contribution in [2.75, 3.05) is 13.2 Å². The van der Waals surface area contributed by atoms with Gasteiger partial charge in [0.25, 0.3) is 0 Å². The normalized spacial score (nSPS) is 12.8. The summed E-state index contributed by atoms with van der Waals surface area (Å²) in [5.41, 5.74) is 0. The Morgan fingerprint density at radius 3 is 1.01 bits per heavy atom.